The Labute approximate surface area is 209 Å². The van der Waals surface area contributed by atoms with Crippen molar-refractivity contribution >= 4 is 17.8 Å². The van der Waals surface area contributed by atoms with Gasteiger partial charge in [0.1, 0.15) is 25.3 Å². The molecule has 5 rings (SSSR count). The fraction of sp³-hybridized carbons (Fsp3) is 0.250. The lowest BCUT2D eigenvalue weighted by Gasteiger charge is -2.25. The SMILES string of the molecule is C[C@@H](NC(=O)CN1C(=O)N[C@](C)(c2ccc3c(c2)OCCO3)C1=O)c1ccc(-c2ccccc2)cc1. The number of fused-ring (bicyclic) bond motifs is 1. The van der Waals surface area contributed by atoms with Gasteiger partial charge in [-0.3, -0.25) is 14.5 Å². The Morgan fingerprint density at radius 1 is 0.972 bits per heavy atom. The van der Waals surface area contributed by atoms with Gasteiger partial charge >= 0.3 is 6.03 Å². The Morgan fingerprint density at radius 2 is 1.64 bits per heavy atom. The van der Waals surface area contributed by atoms with Crippen LogP contribution in [0.2, 0.25) is 0 Å². The van der Waals surface area contributed by atoms with E-state index in [2.05, 4.69) is 10.6 Å². The van der Waals surface area contributed by atoms with Crippen molar-refractivity contribution < 1.29 is 23.9 Å². The fourth-order valence-corrected chi connectivity index (χ4v) is 4.50. The van der Waals surface area contributed by atoms with Crippen LogP contribution in [0.1, 0.15) is 31.0 Å². The van der Waals surface area contributed by atoms with Crippen LogP contribution >= 0.6 is 0 Å². The maximum Gasteiger partial charge on any atom is 0.325 e. The summed E-state index contributed by atoms with van der Waals surface area (Å²) >= 11 is 0. The minimum absolute atomic E-state index is 0.299. The third-order valence-electron chi connectivity index (χ3n) is 6.59. The van der Waals surface area contributed by atoms with Crippen LogP contribution in [0.3, 0.4) is 0 Å². The highest BCUT2D eigenvalue weighted by molar-refractivity contribution is 6.09. The lowest BCUT2D eigenvalue weighted by Crippen LogP contribution is -2.43. The van der Waals surface area contributed by atoms with E-state index in [0.717, 1.165) is 21.6 Å². The molecule has 2 atom stereocenters. The van der Waals surface area contributed by atoms with Crippen LogP contribution in [-0.2, 0) is 15.1 Å². The first kappa shape index (κ1) is 23.4. The molecule has 8 heteroatoms. The van der Waals surface area contributed by atoms with Crippen molar-refractivity contribution in [3.8, 4) is 22.6 Å². The monoisotopic (exact) mass is 485 g/mol. The van der Waals surface area contributed by atoms with Crippen LogP contribution in [0.4, 0.5) is 4.79 Å². The van der Waals surface area contributed by atoms with Gasteiger partial charge in [-0.25, -0.2) is 4.79 Å². The van der Waals surface area contributed by atoms with E-state index in [1.165, 1.54) is 0 Å². The topological polar surface area (TPSA) is 97.0 Å². The third kappa shape index (κ3) is 4.37. The molecule has 0 aromatic heterocycles. The zero-order valence-corrected chi connectivity index (χ0v) is 20.1. The molecule has 0 unspecified atom stereocenters. The van der Waals surface area contributed by atoms with E-state index in [1.807, 2.05) is 61.5 Å². The quantitative estimate of drug-likeness (QED) is 0.518. The van der Waals surface area contributed by atoms with Gasteiger partial charge in [-0.1, -0.05) is 60.7 Å². The van der Waals surface area contributed by atoms with E-state index in [1.54, 1.807) is 25.1 Å². The molecule has 0 radical (unpaired) electrons. The number of imide groups is 1. The van der Waals surface area contributed by atoms with Gasteiger partial charge in [0.15, 0.2) is 11.5 Å². The van der Waals surface area contributed by atoms with E-state index in [-0.39, 0.29) is 12.6 Å². The van der Waals surface area contributed by atoms with Crippen molar-refractivity contribution in [1.82, 2.24) is 15.5 Å². The smallest absolute Gasteiger partial charge is 0.325 e. The van der Waals surface area contributed by atoms with E-state index in [0.29, 0.717) is 30.3 Å². The molecule has 4 amide bonds. The molecule has 0 spiro atoms. The maximum absolute atomic E-state index is 13.3. The number of nitrogens with one attached hydrogen (secondary N) is 2. The van der Waals surface area contributed by atoms with Crippen molar-refractivity contribution in [1.29, 1.82) is 0 Å². The van der Waals surface area contributed by atoms with E-state index >= 15 is 0 Å². The Bertz CT molecular complexity index is 1310. The van der Waals surface area contributed by atoms with Crippen molar-refractivity contribution in [2.24, 2.45) is 0 Å². The molecule has 3 aromatic carbocycles. The molecule has 3 aromatic rings. The second kappa shape index (κ2) is 9.37. The highest BCUT2D eigenvalue weighted by Gasteiger charge is 2.49. The lowest BCUT2D eigenvalue weighted by molar-refractivity contribution is -0.135. The first-order chi connectivity index (χ1) is 17.3. The van der Waals surface area contributed by atoms with Crippen LogP contribution in [0.5, 0.6) is 11.5 Å². The Hall–Kier alpha value is -4.33. The summed E-state index contributed by atoms with van der Waals surface area (Å²) in [4.78, 5) is 39.7. The molecule has 1 saturated heterocycles. The largest absolute Gasteiger partial charge is 0.486 e. The van der Waals surface area contributed by atoms with Crippen LogP contribution in [0.25, 0.3) is 11.1 Å². The van der Waals surface area contributed by atoms with Gasteiger partial charge in [0.2, 0.25) is 5.91 Å². The van der Waals surface area contributed by atoms with Crippen molar-refractivity contribution in [2.75, 3.05) is 19.8 Å². The third-order valence-corrected chi connectivity index (χ3v) is 6.59. The predicted molar refractivity (Wildman–Crippen MR) is 133 cm³/mol. The number of ether oxygens (including phenoxy) is 2. The molecule has 2 aliphatic rings. The summed E-state index contributed by atoms with van der Waals surface area (Å²) in [5.74, 6) is 0.182. The first-order valence-electron chi connectivity index (χ1n) is 11.8. The highest BCUT2D eigenvalue weighted by atomic mass is 16.6. The van der Waals surface area contributed by atoms with Crippen molar-refractivity contribution in [3.63, 3.8) is 0 Å². The normalized spacial score (nSPS) is 19.6. The number of nitrogens with zero attached hydrogens (tertiary/aromatic N) is 1. The average molecular weight is 486 g/mol. The zero-order chi connectivity index (χ0) is 25.3. The maximum atomic E-state index is 13.3. The second-order valence-electron chi connectivity index (χ2n) is 9.08. The molecular formula is C28H27N3O5. The van der Waals surface area contributed by atoms with Gasteiger partial charge in [0, 0.05) is 0 Å². The summed E-state index contributed by atoms with van der Waals surface area (Å²) in [5.41, 5.74) is 2.35. The first-order valence-corrected chi connectivity index (χ1v) is 11.8. The van der Waals surface area contributed by atoms with E-state index < -0.39 is 23.4 Å². The Kier molecular flexibility index (Phi) is 6.10. The van der Waals surface area contributed by atoms with Gasteiger partial charge in [0.05, 0.1) is 6.04 Å². The number of carbonyl (C=O) groups is 3. The number of benzene rings is 3. The van der Waals surface area contributed by atoms with Crippen LogP contribution in [0, 0.1) is 0 Å². The number of hydrogen-bond acceptors (Lipinski definition) is 5. The number of carbonyl (C=O) groups excluding carboxylic acids is 3. The molecule has 2 aliphatic heterocycles. The molecular weight excluding hydrogens is 458 g/mol. The lowest BCUT2D eigenvalue weighted by atomic mass is 9.91. The molecule has 36 heavy (non-hydrogen) atoms. The molecule has 0 aliphatic carbocycles. The fourth-order valence-electron chi connectivity index (χ4n) is 4.50. The van der Waals surface area contributed by atoms with Crippen molar-refractivity contribution in [3.05, 3.63) is 83.9 Å². The van der Waals surface area contributed by atoms with Crippen molar-refractivity contribution in [2.45, 2.75) is 25.4 Å². The number of urea groups is 1. The summed E-state index contributed by atoms with van der Waals surface area (Å²) in [6.07, 6.45) is 0. The van der Waals surface area contributed by atoms with Gasteiger partial charge in [-0.2, -0.15) is 0 Å². The van der Waals surface area contributed by atoms with Gasteiger partial charge in [-0.05, 0) is 48.2 Å². The van der Waals surface area contributed by atoms with Crippen LogP contribution in [-0.4, -0.2) is 42.5 Å². The Morgan fingerprint density at radius 3 is 2.36 bits per heavy atom. The predicted octanol–water partition coefficient (Wildman–Crippen LogP) is 3.77. The number of hydrogen-bond donors (Lipinski definition) is 2. The minimum Gasteiger partial charge on any atom is -0.486 e. The van der Waals surface area contributed by atoms with Gasteiger partial charge in [-0.15, -0.1) is 0 Å². The summed E-state index contributed by atoms with van der Waals surface area (Å²) in [5, 5.41) is 5.61. The molecule has 8 nitrogen and oxygen atoms in total. The van der Waals surface area contributed by atoms with E-state index in [9.17, 15) is 14.4 Å². The number of amides is 4. The molecule has 184 valence electrons. The Balaban J connectivity index is 1.24. The summed E-state index contributed by atoms with van der Waals surface area (Å²) in [6, 6.07) is 22.2. The molecule has 2 heterocycles. The molecule has 0 bridgehead atoms. The number of rotatable bonds is 6. The van der Waals surface area contributed by atoms with Gasteiger partial charge < -0.3 is 20.1 Å². The zero-order valence-electron chi connectivity index (χ0n) is 20.1. The van der Waals surface area contributed by atoms with Crippen LogP contribution < -0.4 is 20.1 Å². The molecule has 2 N–H and O–H groups in total. The highest BCUT2D eigenvalue weighted by Crippen LogP contribution is 2.36. The molecule has 0 saturated carbocycles. The van der Waals surface area contributed by atoms with Crippen LogP contribution in [0.15, 0.2) is 72.8 Å². The second-order valence-corrected chi connectivity index (χ2v) is 9.08. The van der Waals surface area contributed by atoms with Gasteiger partial charge in [0.25, 0.3) is 5.91 Å². The minimum atomic E-state index is -1.31. The summed E-state index contributed by atoms with van der Waals surface area (Å²) in [7, 11) is 0. The van der Waals surface area contributed by atoms with E-state index in [4.69, 9.17) is 9.47 Å². The molecule has 1 fully saturated rings. The standard InChI is InChI=1S/C28H27N3O5/c1-18(19-8-10-21(11-9-19)20-6-4-3-5-7-20)29-25(32)17-31-26(33)28(2,30-27(31)34)22-12-13-23-24(16-22)36-15-14-35-23/h3-13,16,18H,14-15,17H2,1-2H3,(H,29,32)(H,30,34)/t18-,28-/m1/s1. The summed E-state index contributed by atoms with van der Waals surface area (Å²) in [6.45, 7) is 3.97. The average Bonchev–Trinajstić information content (AvgIpc) is 3.12. The summed E-state index contributed by atoms with van der Waals surface area (Å²) < 4.78 is 11.2.